The van der Waals surface area contributed by atoms with E-state index in [-0.39, 0.29) is 10.7 Å². The maximum Gasteiger partial charge on any atom is 0.238 e. The molecule has 2 atom stereocenters. The number of halogens is 2. The third-order valence-electron chi connectivity index (χ3n) is 3.23. The topological polar surface area (TPSA) is 122 Å². The molecule has 0 bridgehead atoms. The zero-order valence-electron chi connectivity index (χ0n) is 13.8. The third kappa shape index (κ3) is 5.82. The SMILES string of the molecule is CO/N=C(/CN(C(C(N)=O)C(C)O)S(C)(=O)=O)c1ccc(Cl)cc1Cl. The van der Waals surface area contributed by atoms with Gasteiger partial charge in [0.1, 0.15) is 18.9 Å². The molecule has 1 aromatic rings. The number of benzene rings is 1. The first-order valence-electron chi connectivity index (χ1n) is 6.98. The van der Waals surface area contributed by atoms with Crippen molar-refractivity contribution in [2.24, 2.45) is 10.9 Å². The molecule has 0 radical (unpaired) electrons. The normalized spacial score (nSPS) is 15.1. The second kappa shape index (κ2) is 8.81. The van der Waals surface area contributed by atoms with Crippen molar-refractivity contribution >= 4 is 44.8 Å². The van der Waals surface area contributed by atoms with E-state index in [4.69, 9.17) is 33.8 Å². The summed E-state index contributed by atoms with van der Waals surface area (Å²) >= 11 is 12.0. The summed E-state index contributed by atoms with van der Waals surface area (Å²) in [6.07, 6.45) is -0.448. The van der Waals surface area contributed by atoms with E-state index >= 15 is 0 Å². The largest absolute Gasteiger partial charge is 0.399 e. The summed E-state index contributed by atoms with van der Waals surface area (Å²) < 4.78 is 25.0. The first-order chi connectivity index (χ1) is 11.5. The van der Waals surface area contributed by atoms with Crippen molar-refractivity contribution < 1.29 is 23.2 Å². The van der Waals surface area contributed by atoms with Gasteiger partial charge in [0.25, 0.3) is 0 Å². The van der Waals surface area contributed by atoms with E-state index in [1.54, 1.807) is 6.07 Å². The second-order valence-electron chi connectivity index (χ2n) is 5.24. The number of primary amides is 1. The Hall–Kier alpha value is -1.39. The van der Waals surface area contributed by atoms with E-state index < -0.39 is 34.6 Å². The minimum atomic E-state index is -3.93. The van der Waals surface area contributed by atoms with E-state index in [0.29, 0.717) is 10.6 Å². The molecule has 1 aromatic carbocycles. The molecule has 0 aromatic heterocycles. The smallest absolute Gasteiger partial charge is 0.238 e. The van der Waals surface area contributed by atoms with Gasteiger partial charge in [-0.1, -0.05) is 28.4 Å². The van der Waals surface area contributed by atoms with Gasteiger partial charge in [-0.3, -0.25) is 4.79 Å². The lowest BCUT2D eigenvalue weighted by molar-refractivity contribution is -0.124. The number of nitrogens with two attached hydrogens (primary N) is 1. The van der Waals surface area contributed by atoms with Crippen LogP contribution in [0.4, 0.5) is 0 Å². The minimum Gasteiger partial charge on any atom is -0.399 e. The average Bonchev–Trinajstić information content (AvgIpc) is 2.44. The van der Waals surface area contributed by atoms with Crippen molar-refractivity contribution in [2.45, 2.75) is 19.1 Å². The summed E-state index contributed by atoms with van der Waals surface area (Å²) in [5, 5.41) is 14.2. The molecule has 0 saturated heterocycles. The highest BCUT2D eigenvalue weighted by atomic mass is 35.5. The number of sulfonamides is 1. The number of carbonyl (C=O) groups excluding carboxylic acids is 1. The number of rotatable bonds is 8. The predicted molar refractivity (Wildman–Crippen MR) is 96.2 cm³/mol. The van der Waals surface area contributed by atoms with Crippen molar-refractivity contribution in [3.05, 3.63) is 33.8 Å². The summed E-state index contributed by atoms with van der Waals surface area (Å²) in [7, 11) is -2.66. The number of oxime groups is 1. The zero-order valence-corrected chi connectivity index (χ0v) is 16.1. The lowest BCUT2D eigenvalue weighted by atomic mass is 10.1. The van der Waals surface area contributed by atoms with Crippen LogP contribution < -0.4 is 5.73 Å². The molecular weight excluding hydrogens is 393 g/mol. The quantitative estimate of drug-likeness (QED) is 0.484. The van der Waals surface area contributed by atoms with Gasteiger partial charge in [0.15, 0.2) is 0 Å². The van der Waals surface area contributed by atoms with Crippen LogP contribution in [-0.2, 0) is 19.7 Å². The van der Waals surface area contributed by atoms with Crippen LogP contribution in [0.2, 0.25) is 10.0 Å². The van der Waals surface area contributed by atoms with Crippen LogP contribution in [0, 0.1) is 0 Å². The molecule has 8 nitrogen and oxygen atoms in total. The number of amides is 1. The van der Waals surface area contributed by atoms with Crippen molar-refractivity contribution in [3.63, 3.8) is 0 Å². The lowest BCUT2D eigenvalue weighted by Crippen LogP contribution is -2.54. The van der Waals surface area contributed by atoms with Gasteiger partial charge in [-0.2, -0.15) is 4.31 Å². The Morgan fingerprint density at radius 3 is 2.44 bits per heavy atom. The summed E-state index contributed by atoms with van der Waals surface area (Å²) in [6.45, 7) is 0.864. The molecule has 1 amide bonds. The van der Waals surface area contributed by atoms with E-state index in [9.17, 15) is 18.3 Å². The van der Waals surface area contributed by atoms with Gasteiger partial charge in [-0.15, -0.1) is 0 Å². The van der Waals surface area contributed by atoms with E-state index in [2.05, 4.69) is 5.16 Å². The molecule has 0 heterocycles. The first-order valence-corrected chi connectivity index (χ1v) is 9.59. The molecular formula is C14H19Cl2N3O5S. The van der Waals surface area contributed by atoms with E-state index in [0.717, 1.165) is 10.6 Å². The first kappa shape index (κ1) is 21.7. The Balaban J connectivity index is 3.40. The van der Waals surface area contributed by atoms with Crippen LogP contribution in [-0.4, -0.2) is 61.5 Å². The average molecular weight is 412 g/mol. The number of nitrogens with zero attached hydrogens (tertiary/aromatic N) is 2. The number of hydrogen-bond acceptors (Lipinski definition) is 6. The summed E-state index contributed by atoms with van der Waals surface area (Å²) in [4.78, 5) is 16.4. The summed E-state index contributed by atoms with van der Waals surface area (Å²) in [6, 6.07) is 3.04. The Kier molecular flexibility index (Phi) is 7.63. The number of aliphatic hydroxyl groups is 1. The molecule has 0 saturated carbocycles. The second-order valence-corrected chi connectivity index (χ2v) is 8.02. The molecule has 0 spiro atoms. The van der Waals surface area contributed by atoms with Gasteiger partial charge in [0, 0.05) is 10.6 Å². The number of carbonyl (C=O) groups is 1. The van der Waals surface area contributed by atoms with Gasteiger partial charge < -0.3 is 15.7 Å². The number of aliphatic hydroxyl groups excluding tert-OH is 1. The van der Waals surface area contributed by atoms with E-state index in [1.807, 2.05) is 0 Å². The fourth-order valence-electron chi connectivity index (χ4n) is 2.19. The highest BCUT2D eigenvalue weighted by molar-refractivity contribution is 7.88. The van der Waals surface area contributed by atoms with Crippen molar-refractivity contribution in [2.75, 3.05) is 19.9 Å². The fourth-order valence-corrected chi connectivity index (χ4v) is 3.75. The minimum absolute atomic E-state index is 0.112. The Bertz CT molecular complexity index is 768. The third-order valence-corrected chi connectivity index (χ3v) is 4.99. The molecule has 2 unspecified atom stereocenters. The molecule has 0 aliphatic heterocycles. The van der Waals surface area contributed by atoms with Crippen molar-refractivity contribution in [1.82, 2.24) is 4.31 Å². The van der Waals surface area contributed by atoms with Gasteiger partial charge in [-0.05, 0) is 25.1 Å². The Labute approximate surface area is 156 Å². The highest BCUT2D eigenvalue weighted by Gasteiger charge is 2.36. The number of hydrogen-bond donors (Lipinski definition) is 2. The standard InChI is InChI=1S/C14H19Cl2N3O5S/c1-8(20)13(14(17)21)19(25(3,22)23)7-12(18-24-2)10-5-4-9(15)6-11(10)16/h4-6,8,13,20H,7H2,1-3H3,(H2,17,21)/b18-12-. The molecule has 0 aliphatic rings. The van der Waals surface area contributed by atoms with Crippen LogP contribution >= 0.6 is 23.2 Å². The van der Waals surface area contributed by atoms with Gasteiger partial charge in [0.2, 0.25) is 15.9 Å². The zero-order chi connectivity index (χ0) is 19.4. The molecule has 3 N–H and O–H groups in total. The molecule has 11 heteroatoms. The highest BCUT2D eigenvalue weighted by Crippen LogP contribution is 2.23. The molecule has 25 heavy (non-hydrogen) atoms. The Morgan fingerprint density at radius 1 is 1.44 bits per heavy atom. The molecule has 0 aliphatic carbocycles. The monoisotopic (exact) mass is 411 g/mol. The van der Waals surface area contributed by atoms with Crippen LogP contribution in [0.5, 0.6) is 0 Å². The molecule has 140 valence electrons. The van der Waals surface area contributed by atoms with Crippen LogP contribution in [0.15, 0.2) is 23.4 Å². The van der Waals surface area contributed by atoms with Crippen LogP contribution in [0.3, 0.4) is 0 Å². The maximum atomic E-state index is 12.1. The van der Waals surface area contributed by atoms with Gasteiger partial charge in [-0.25, -0.2) is 8.42 Å². The van der Waals surface area contributed by atoms with Gasteiger partial charge in [0.05, 0.1) is 23.9 Å². The Morgan fingerprint density at radius 2 is 2.04 bits per heavy atom. The lowest BCUT2D eigenvalue weighted by Gasteiger charge is -2.29. The summed E-state index contributed by atoms with van der Waals surface area (Å²) in [5.41, 5.74) is 5.72. The van der Waals surface area contributed by atoms with Crippen LogP contribution in [0.25, 0.3) is 0 Å². The maximum absolute atomic E-state index is 12.1. The van der Waals surface area contributed by atoms with Gasteiger partial charge >= 0.3 is 0 Å². The van der Waals surface area contributed by atoms with E-state index in [1.165, 1.54) is 26.2 Å². The summed E-state index contributed by atoms with van der Waals surface area (Å²) in [5.74, 6) is -1.00. The van der Waals surface area contributed by atoms with Crippen LogP contribution in [0.1, 0.15) is 12.5 Å². The predicted octanol–water partition coefficient (Wildman–Crippen LogP) is 0.840. The fraction of sp³-hybridized carbons (Fsp3) is 0.429. The molecule has 0 fully saturated rings. The van der Waals surface area contributed by atoms with Crippen molar-refractivity contribution in [3.8, 4) is 0 Å². The molecule has 1 rings (SSSR count). The van der Waals surface area contributed by atoms with Crippen molar-refractivity contribution in [1.29, 1.82) is 0 Å².